The largest absolute Gasteiger partial charge is 0.237 e. The number of hydrogen-bond donors (Lipinski definition) is 0. The molecule has 2 heterocycles. The van der Waals surface area contributed by atoms with Gasteiger partial charge in [-0.25, -0.2) is 9.50 Å². The molecule has 1 fully saturated rings. The molecule has 1 aliphatic carbocycles. The highest BCUT2D eigenvalue weighted by Gasteiger charge is 2.43. The number of fused-ring (bicyclic) bond motifs is 1. The predicted molar refractivity (Wildman–Crippen MR) is 52.7 cm³/mol. The summed E-state index contributed by atoms with van der Waals surface area (Å²) < 4.78 is 1.77. The lowest BCUT2D eigenvalue weighted by Crippen LogP contribution is -2.05. The molecule has 3 nitrogen and oxygen atoms in total. The van der Waals surface area contributed by atoms with Crippen molar-refractivity contribution in [2.45, 2.75) is 18.3 Å². The minimum Gasteiger partial charge on any atom is -0.237 e. The molecule has 0 atom stereocenters. The van der Waals surface area contributed by atoms with Crippen molar-refractivity contribution in [3.63, 3.8) is 0 Å². The Kier molecular flexibility index (Phi) is 1.27. The fraction of sp³-hybridized carbons (Fsp3) is 0.273. The van der Waals surface area contributed by atoms with E-state index in [9.17, 15) is 0 Å². The van der Waals surface area contributed by atoms with Gasteiger partial charge in [-0.05, 0) is 12.8 Å². The first-order chi connectivity index (χ1) is 6.84. The topological polar surface area (TPSA) is 30.2 Å². The second kappa shape index (κ2) is 2.36. The normalized spacial score (nSPS) is 17.9. The molecule has 1 saturated carbocycles. The molecule has 0 aliphatic heterocycles. The molecule has 0 saturated heterocycles. The lowest BCUT2D eigenvalue weighted by atomic mass is 10.0. The molecule has 2 aromatic rings. The summed E-state index contributed by atoms with van der Waals surface area (Å²) in [5.41, 5.74) is 1.92. The quantitative estimate of drug-likeness (QED) is 0.625. The van der Waals surface area contributed by atoms with E-state index in [-0.39, 0.29) is 5.41 Å². The fourth-order valence-electron chi connectivity index (χ4n) is 1.70. The van der Waals surface area contributed by atoms with Crippen LogP contribution in [0.5, 0.6) is 0 Å². The van der Waals surface area contributed by atoms with Crippen molar-refractivity contribution in [3.8, 4) is 12.3 Å². The van der Waals surface area contributed by atoms with E-state index < -0.39 is 0 Å². The van der Waals surface area contributed by atoms with Gasteiger partial charge in [0.15, 0.2) is 5.65 Å². The first-order valence-electron chi connectivity index (χ1n) is 4.62. The van der Waals surface area contributed by atoms with Gasteiger partial charge in [-0.2, -0.15) is 5.10 Å². The van der Waals surface area contributed by atoms with Gasteiger partial charge in [0.1, 0.15) is 0 Å². The Bertz CT molecular complexity index is 529. The third-order valence-corrected chi connectivity index (χ3v) is 2.83. The average Bonchev–Trinajstić information content (AvgIpc) is 2.89. The summed E-state index contributed by atoms with van der Waals surface area (Å²) >= 11 is 0. The summed E-state index contributed by atoms with van der Waals surface area (Å²) in [5.74, 6) is 2.84. The molecule has 3 rings (SSSR count). The van der Waals surface area contributed by atoms with Crippen molar-refractivity contribution in [1.29, 1.82) is 0 Å². The number of hydrogen-bond acceptors (Lipinski definition) is 2. The number of aromatic nitrogens is 3. The van der Waals surface area contributed by atoms with E-state index in [1.54, 1.807) is 10.7 Å². The number of rotatable bonds is 1. The maximum atomic E-state index is 5.51. The Morgan fingerprint density at radius 1 is 1.50 bits per heavy atom. The minimum atomic E-state index is -0.0485. The molecule has 0 bridgehead atoms. The molecule has 3 heteroatoms. The van der Waals surface area contributed by atoms with Gasteiger partial charge in [0.25, 0.3) is 0 Å². The molecule has 0 spiro atoms. The molecular formula is C11H9N3. The molecule has 68 valence electrons. The summed E-state index contributed by atoms with van der Waals surface area (Å²) in [4.78, 5) is 4.30. The van der Waals surface area contributed by atoms with E-state index >= 15 is 0 Å². The Morgan fingerprint density at radius 2 is 2.36 bits per heavy atom. The summed E-state index contributed by atoms with van der Waals surface area (Å²) in [6, 6.07) is 1.87. The monoisotopic (exact) mass is 183 g/mol. The molecule has 0 amide bonds. The summed E-state index contributed by atoms with van der Waals surface area (Å²) in [6.07, 6.45) is 13.2. The third kappa shape index (κ3) is 0.882. The molecule has 0 aromatic carbocycles. The molecule has 1 aliphatic rings. The van der Waals surface area contributed by atoms with E-state index in [1.807, 2.05) is 18.5 Å². The lowest BCUT2D eigenvalue weighted by molar-refractivity contribution is 0.853. The second-order valence-corrected chi connectivity index (χ2v) is 3.70. The predicted octanol–water partition coefficient (Wildman–Crippen LogP) is 1.39. The summed E-state index contributed by atoms with van der Waals surface area (Å²) in [7, 11) is 0. The number of nitrogens with zero attached hydrogens (tertiary/aromatic N) is 3. The summed E-state index contributed by atoms with van der Waals surface area (Å²) in [5, 5.41) is 4.14. The number of terminal acetylenes is 1. The molecule has 14 heavy (non-hydrogen) atoms. The van der Waals surface area contributed by atoms with Crippen LogP contribution in [0.15, 0.2) is 24.7 Å². The zero-order chi connectivity index (χ0) is 9.60. The molecule has 0 unspecified atom stereocenters. The van der Waals surface area contributed by atoms with Crippen molar-refractivity contribution >= 4 is 5.65 Å². The van der Waals surface area contributed by atoms with Crippen molar-refractivity contribution in [1.82, 2.24) is 14.6 Å². The minimum absolute atomic E-state index is 0.0485. The van der Waals surface area contributed by atoms with E-state index in [0.29, 0.717) is 0 Å². The Hall–Kier alpha value is -1.82. The standard InChI is InChI=1S/C11H9N3/c1-2-11(4-5-11)9-7-12-10-3-6-13-14(10)8-9/h1,3,6-8H,4-5H2. The Balaban J connectivity index is 2.19. The fourth-order valence-corrected chi connectivity index (χ4v) is 1.70. The molecule has 0 N–H and O–H groups in total. The van der Waals surface area contributed by atoms with Crippen LogP contribution in [0.4, 0.5) is 0 Å². The highest BCUT2D eigenvalue weighted by Crippen LogP contribution is 2.47. The maximum absolute atomic E-state index is 5.51. The van der Waals surface area contributed by atoms with Crippen LogP contribution in [0.25, 0.3) is 5.65 Å². The van der Waals surface area contributed by atoms with Crippen molar-refractivity contribution in [2.75, 3.05) is 0 Å². The van der Waals surface area contributed by atoms with Gasteiger partial charge in [-0.1, -0.05) is 5.92 Å². The molecular weight excluding hydrogens is 174 g/mol. The van der Waals surface area contributed by atoms with Crippen molar-refractivity contribution < 1.29 is 0 Å². The highest BCUT2D eigenvalue weighted by atomic mass is 15.2. The summed E-state index contributed by atoms with van der Waals surface area (Å²) in [6.45, 7) is 0. The first kappa shape index (κ1) is 7.57. The van der Waals surface area contributed by atoms with Crippen molar-refractivity contribution in [2.24, 2.45) is 0 Å². The van der Waals surface area contributed by atoms with Crippen LogP contribution in [-0.4, -0.2) is 14.6 Å². The molecule has 0 radical (unpaired) electrons. The SMILES string of the molecule is C#CC1(c2cnc3ccnn3c2)CC1. The van der Waals surface area contributed by atoms with E-state index in [0.717, 1.165) is 24.1 Å². The van der Waals surface area contributed by atoms with E-state index in [2.05, 4.69) is 16.0 Å². The van der Waals surface area contributed by atoms with Crippen LogP contribution in [-0.2, 0) is 5.41 Å². The Labute approximate surface area is 81.8 Å². The molecule has 2 aromatic heterocycles. The van der Waals surface area contributed by atoms with Crippen LogP contribution in [0.3, 0.4) is 0 Å². The lowest BCUT2D eigenvalue weighted by Gasteiger charge is -2.06. The smallest absolute Gasteiger partial charge is 0.154 e. The first-order valence-corrected chi connectivity index (χ1v) is 4.62. The van der Waals surface area contributed by atoms with Gasteiger partial charge in [0.05, 0.1) is 11.6 Å². The van der Waals surface area contributed by atoms with Gasteiger partial charge in [-0.15, -0.1) is 6.42 Å². The maximum Gasteiger partial charge on any atom is 0.154 e. The zero-order valence-corrected chi connectivity index (χ0v) is 7.64. The van der Waals surface area contributed by atoms with E-state index in [1.165, 1.54) is 0 Å². The van der Waals surface area contributed by atoms with Gasteiger partial charge >= 0.3 is 0 Å². The van der Waals surface area contributed by atoms with E-state index in [4.69, 9.17) is 6.42 Å². The zero-order valence-electron chi connectivity index (χ0n) is 7.64. The van der Waals surface area contributed by atoms with Crippen LogP contribution in [0.1, 0.15) is 18.4 Å². The van der Waals surface area contributed by atoms with Gasteiger partial charge in [-0.3, -0.25) is 0 Å². The third-order valence-electron chi connectivity index (χ3n) is 2.83. The highest BCUT2D eigenvalue weighted by molar-refractivity contribution is 5.43. The van der Waals surface area contributed by atoms with Gasteiger partial charge in [0, 0.05) is 24.0 Å². The van der Waals surface area contributed by atoms with Gasteiger partial charge < -0.3 is 0 Å². The van der Waals surface area contributed by atoms with Crippen LogP contribution >= 0.6 is 0 Å². The van der Waals surface area contributed by atoms with Crippen molar-refractivity contribution in [3.05, 3.63) is 30.2 Å². The van der Waals surface area contributed by atoms with Crippen LogP contribution < -0.4 is 0 Å². The average molecular weight is 183 g/mol. The second-order valence-electron chi connectivity index (χ2n) is 3.70. The van der Waals surface area contributed by atoms with Gasteiger partial charge in [0.2, 0.25) is 0 Å². The Morgan fingerprint density at radius 3 is 3.07 bits per heavy atom. The van der Waals surface area contributed by atoms with Crippen LogP contribution in [0.2, 0.25) is 0 Å². The van der Waals surface area contributed by atoms with Crippen LogP contribution in [0, 0.1) is 12.3 Å².